The maximum atomic E-state index is 10.8. The molecule has 0 radical (unpaired) electrons. The van der Waals surface area contributed by atoms with Crippen LogP contribution in [0.2, 0.25) is 0 Å². The maximum absolute atomic E-state index is 10.8. The Morgan fingerprint density at radius 2 is 2.29 bits per heavy atom. The van der Waals surface area contributed by atoms with Gasteiger partial charge in [0.15, 0.2) is 0 Å². The van der Waals surface area contributed by atoms with Gasteiger partial charge < -0.3 is 5.11 Å². The van der Waals surface area contributed by atoms with Gasteiger partial charge in [0.2, 0.25) is 0 Å². The molecule has 2 N–H and O–H groups in total. The molecule has 0 unspecified atom stereocenters. The van der Waals surface area contributed by atoms with Gasteiger partial charge in [-0.05, 0) is 31.0 Å². The summed E-state index contributed by atoms with van der Waals surface area (Å²) in [4.78, 5) is 2.16. The van der Waals surface area contributed by atoms with Gasteiger partial charge in [-0.1, -0.05) is 18.2 Å². The second-order valence-electron chi connectivity index (χ2n) is 5.47. The van der Waals surface area contributed by atoms with Crippen LogP contribution in [0.25, 0.3) is 0 Å². The first-order chi connectivity index (χ1) is 10.2. The summed E-state index contributed by atoms with van der Waals surface area (Å²) < 4.78 is 0. The van der Waals surface area contributed by atoms with Gasteiger partial charge in [-0.15, -0.1) is 0 Å². The van der Waals surface area contributed by atoms with E-state index in [9.17, 15) is 5.11 Å². The first-order valence-corrected chi connectivity index (χ1v) is 7.00. The zero-order chi connectivity index (χ0) is 14.7. The standard InChI is InChI=1S/C15H17N5O/c16-8-12-4-1-2-5-13(12)10-20-7-3-6-15(21,11-20)14-9-17-19-18-14/h1-2,4-5,9,21H,3,6-7,10-11H2,(H,17,18,19)/t15-/m1/s1. The number of β-amino-alcohol motifs (C(OH)–C–C–N with tert-alkyl or cyclic N) is 1. The lowest BCUT2D eigenvalue weighted by Crippen LogP contribution is -2.46. The second kappa shape index (κ2) is 5.64. The molecule has 108 valence electrons. The molecule has 1 aromatic heterocycles. The molecule has 1 aliphatic heterocycles. The van der Waals surface area contributed by atoms with E-state index < -0.39 is 5.60 Å². The molecule has 0 bridgehead atoms. The molecule has 1 fully saturated rings. The molecular weight excluding hydrogens is 266 g/mol. The Labute approximate surface area is 123 Å². The maximum Gasteiger partial charge on any atom is 0.123 e. The summed E-state index contributed by atoms with van der Waals surface area (Å²) in [6.07, 6.45) is 3.14. The minimum absolute atomic E-state index is 0.499. The fourth-order valence-electron chi connectivity index (χ4n) is 2.90. The first-order valence-electron chi connectivity index (χ1n) is 7.00. The molecule has 2 aromatic rings. The fraction of sp³-hybridized carbons (Fsp3) is 0.400. The van der Waals surface area contributed by atoms with E-state index in [0.29, 0.717) is 30.8 Å². The third-order valence-corrected chi connectivity index (χ3v) is 3.97. The SMILES string of the molecule is N#Cc1ccccc1CN1CCC[C@](O)(c2cn[nH]n2)C1. The summed E-state index contributed by atoms with van der Waals surface area (Å²) >= 11 is 0. The van der Waals surface area contributed by atoms with Crippen LogP contribution in [0, 0.1) is 11.3 Å². The minimum atomic E-state index is -0.965. The monoisotopic (exact) mass is 283 g/mol. The van der Waals surface area contributed by atoms with Crippen LogP contribution in [0.4, 0.5) is 0 Å². The quantitative estimate of drug-likeness (QED) is 0.882. The fourth-order valence-corrected chi connectivity index (χ4v) is 2.90. The largest absolute Gasteiger partial charge is 0.382 e. The predicted molar refractivity (Wildman–Crippen MR) is 75.9 cm³/mol. The summed E-state index contributed by atoms with van der Waals surface area (Å²) in [7, 11) is 0. The molecule has 0 aliphatic carbocycles. The van der Waals surface area contributed by atoms with Gasteiger partial charge in [0.25, 0.3) is 0 Å². The molecule has 21 heavy (non-hydrogen) atoms. The zero-order valence-electron chi connectivity index (χ0n) is 11.7. The summed E-state index contributed by atoms with van der Waals surface area (Å²) in [5.41, 5.74) is 1.30. The van der Waals surface area contributed by atoms with Crippen molar-refractivity contribution in [3.05, 3.63) is 47.3 Å². The summed E-state index contributed by atoms with van der Waals surface area (Å²) in [5, 5.41) is 30.3. The number of H-pyrrole nitrogens is 1. The number of rotatable bonds is 3. The Morgan fingerprint density at radius 3 is 3.05 bits per heavy atom. The molecule has 2 heterocycles. The highest BCUT2D eigenvalue weighted by molar-refractivity contribution is 5.37. The lowest BCUT2D eigenvalue weighted by molar-refractivity contribution is -0.0414. The highest BCUT2D eigenvalue weighted by Gasteiger charge is 2.37. The number of benzene rings is 1. The van der Waals surface area contributed by atoms with Crippen molar-refractivity contribution in [1.29, 1.82) is 5.26 Å². The van der Waals surface area contributed by atoms with E-state index in [4.69, 9.17) is 5.26 Å². The second-order valence-corrected chi connectivity index (χ2v) is 5.47. The predicted octanol–water partition coefficient (Wildman–Crippen LogP) is 1.16. The number of aromatic amines is 1. The van der Waals surface area contributed by atoms with Crippen LogP contribution >= 0.6 is 0 Å². The third kappa shape index (κ3) is 2.79. The highest BCUT2D eigenvalue weighted by atomic mass is 16.3. The van der Waals surface area contributed by atoms with Crippen LogP contribution in [0.15, 0.2) is 30.5 Å². The Balaban J connectivity index is 1.77. The van der Waals surface area contributed by atoms with Crippen LogP contribution < -0.4 is 0 Å². The number of aliphatic hydroxyl groups is 1. The van der Waals surface area contributed by atoms with Gasteiger partial charge >= 0.3 is 0 Å². The topological polar surface area (TPSA) is 88.8 Å². The van der Waals surface area contributed by atoms with Gasteiger partial charge in [-0.25, -0.2) is 0 Å². The van der Waals surface area contributed by atoms with E-state index >= 15 is 0 Å². The molecule has 1 aliphatic rings. The zero-order valence-corrected chi connectivity index (χ0v) is 11.7. The lowest BCUT2D eigenvalue weighted by atomic mass is 9.89. The number of aromatic nitrogens is 3. The highest BCUT2D eigenvalue weighted by Crippen LogP contribution is 2.30. The molecule has 6 nitrogen and oxygen atoms in total. The molecule has 1 aromatic carbocycles. The van der Waals surface area contributed by atoms with Crippen LogP contribution in [0.5, 0.6) is 0 Å². The van der Waals surface area contributed by atoms with E-state index in [2.05, 4.69) is 26.4 Å². The van der Waals surface area contributed by atoms with Crippen molar-refractivity contribution < 1.29 is 5.11 Å². The lowest BCUT2D eigenvalue weighted by Gasteiger charge is -2.38. The summed E-state index contributed by atoms with van der Waals surface area (Å²) in [6, 6.07) is 9.80. The van der Waals surface area contributed by atoms with Crippen molar-refractivity contribution in [3.63, 3.8) is 0 Å². The van der Waals surface area contributed by atoms with Crippen LogP contribution in [-0.2, 0) is 12.1 Å². The summed E-state index contributed by atoms with van der Waals surface area (Å²) in [6.45, 7) is 2.06. The summed E-state index contributed by atoms with van der Waals surface area (Å²) in [5.74, 6) is 0. The minimum Gasteiger partial charge on any atom is -0.382 e. The van der Waals surface area contributed by atoms with Crippen LogP contribution in [0.1, 0.15) is 29.7 Å². The number of nitrogens with zero attached hydrogens (tertiary/aromatic N) is 4. The normalized spacial score (nSPS) is 22.9. The van der Waals surface area contributed by atoms with Gasteiger partial charge in [0, 0.05) is 13.1 Å². The van der Waals surface area contributed by atoms with Crippen LogP contribution in [-0.4, -0.2) is 38.5 Å². The van der Waals surface area contributed by atoms with Gasteiger partial charge in [0.1, 0.15) is 11.3 Å². The van der Waals surface area contributed by atoms with Crippen molar-refractivity contribution in [2.24, 2.45) is 0 Å². The van der Waals surface area contributed by atoms with Gasteiger partial charge in [-0.2, -0.15) is 20.7 Å². The molecule has 0 saturated carbocycles. The Bertz CT molecular complexity index is 648. The van der Waals surface area contributed by atoms with Crippen molar-refractivity contribution >= 4 is 0 Å². The average Bonchev–Trinajstić information content (AvgIpc) is 3.03. The van der Waals surface area contributed by atoms with Crippen molar-refractivity contribution in [2.75, 3.05) is 13.1 Å². The number of hydrogen-bond donors (Lipinski definition) is 2. The Hall–Kier alpha value is -2.23. The molecule has 1 atom stereocenters. The molecule has 6 heteroatoms. The van der Waals surface area contributed by atoms with Crippen molar-refractivity contribution in [3.8, 4) is 6.07 Å². The van der Waals surface area contributed by atoms with E-state index in [1.165, 1.54) is 0 Å². The average molecular weight is 283 g/mol. The van der Waals surface area contributed by atoms with E-state index in [1.54, 1.807) is 6.20 Å². The number of piperidine rings is 1. The van der Waals surface area contributed by atoms with Crippen molar-refractivity contribution in [1.82, 2.24) is 20.3 Å². The van der Waals surface area contributed by atoms with Gasteiger partial charge in [-0.3, -0.25) is 4.90 Å². The van der Waals surface area contributed by atoms with Crippen LogP contribution in [0.3, 0.4) is 0 Å². The first kappa shape index (κ1) is 13.7. The van der Waals surface area contributed by atoms with E-state index in [-0.39, 0.29) is 0 Å². The smallest absolute Gasteiger partial charge is 0.123 e. The number of nitrogens with one attached hydrogen (secondary N) is 1. The Kier molecular flexibility index (Phi) is 3.69. The van der Waals surface area contributed by atoms with Gasteiger partial charge in [0.05, 0.1) is 17.8 Å². The number of likely N-dealkylation sites (tertiary alicyclic amines) is 1. The number of nitriles is 1. The molecule has 3 rings (SSSR count). The molecule has 0 amide bonds. The molecule has 1 saturated heterocycles. The van der Waals surface area contributed by atoms with E-state index in [1.807, 2.05) is 24.3 Å². The molecule has 0 spiro atoms. The Morgan fingerprint density at radius 1 is 1.43 bits per heavy atom. The van der Waals surface area contributed by atoms with Crippen molar-refractivity contribution in [2.45, 2.75) is 25.0 Å². The third-order valence-electron chi connectivity index (χ3n) is 3.97. The molecular formula is C15H17N5O. The van der Waals surface area contributed by atoms with E-state index in [0.717, 1.165) is 18.5 Å². The number of hydrogen-bond acceptors (Lipinski definition) is 5.